The third kappa shape index (κ3) is 2.44. The molecular weight excluding hydrogens is 271 g/mol. The van der Waals surface area contributed by atoms with E-state index in [1.807, 2.05) is 0 Å². The molecule has 1 N–H and O–H groups in total. The molecule has 1 aromatic carbocycles. The largest absolute Gasteiger partial charge is 0.358 e. The van der Waals surface area contributed by atoms with E-state index in [-0.39, 0.29) is 22.4 Å². The maximum absolute atomic E-state index is 13.6. The van der Waals surface area contributed by atoms with Crippen LogP contribution in [0.4, 0.5) is 4.39 Å². The average Bonchev–Trinajstić information content (AvgIpc) is 2.49. The zero-order valence-electron chi connectivity index (χ0n) is 11.9. The lowest BCUT2D eigenvalue weighted by Gasteiger charge is -2.30. The van der Waals surface area contributed by atoms with Crippen molar-refractivity contribution in [2.45, 2.75) is 19.8 Å². The summed E-state index contributed by atoms with van der Waals surface area (Å²) in [6.45, 7) is 3.49. The monoisotopic (exact) mass is 288 g/mol. The van der Waals surface area contributed by atoms with Gasteiger partial charge in [0.25, 0.3) is 5.91 Å². The van der Waals surface area contributed by atoms with Crippen molar-refractivity contribution in [3.05, 3.63) is 46.0 Å². The van der Waals surface area contributed by atoms with Gasteiger partial charge in [0.05, 0.1) is 5.52 Å². The molecule has 21 heavy (non-hydrogen) atoms. The zero-order valence-corrected chi connectivity index (χ0v) is 11.9. The lowest BCUT2D eigenvalue weighted by molar-refractivity contribution is 0.0696. The maximum atomic E-state index is 13.6. The SMILES string of the molecule is CC1CCN(C(=O)c2c[nH]c3c(F)cccc3c2=O)CC1. The number of aromatic amines is 1. The number of carbonyl (C=O) groups is 1. The summed E-state index contributed by atoms with van der Waals surface area (Å²) in [7, 11) is 0. The lowest BCUT2D eigenvalue weighted by atomic mass is 9.98. The molecule has 1 amide bonds. The molecular formula is C16H17FN2O2. The topological polar surface area (TPSA) is 53.2 Å². The second kappa shape index (κ2) is 5.31. The van der Waals surface area contributed by atoms with Gasteiger partial charge in [-0.1, -0.05) is 13.0 Å². The van der Waals surface area contributed by atoms with Crippen molar-refractivity contribution in [3.8, 4) is 0 Å². The van der Waals surface area contributed by atoms with E-state index in [2.05, 4.69) is 11.9 Å². The lowest BCUT2D eigenvalue weighted by Crippen LogP contribution is -2.39. The fraction of sp³-hybridized carbons (Fsp3) is 0.375. The number of H-pyrrole nitrogens is 1. The number of para-hydroxylation sites is 1. The molecule has 5 heteroatoms. The van der Waals surface area contributed by atoms with E-state index < -0.39 is 11.2 Å². The number of nitrogens with zero attached hydrogens (tertiary/aromatic N) is 1. The molecule has 4 nitrogen and oxygen atoms in total. The van der Waals surface area contributed by atoms with E-state index in [0.717, 1.165) is 12.8 Å². The van der Waals surface area contributed by atoms with Crippen LogP contribution in [-0.2, 0) is 0 Å². The summed E-state index contributed by atoms with van der Waals surface area (Å²) in [5.74, 6) is -0.150. The first kappa shape index (κ1) is 13.8. The molecule has 110 valence electrons. The molecule has 1 aliphatic rings. The number of rotatable bonds is 1. The summed E-state index contributed by atoms with van der Waals surface area (Å²) in [6.07, 6.45) is 3.23. The van der Waals surface area contributed by atoms with Gasteiger partial charge in [-0.3, -0.25) is 9.59 Å². The van der Waals surface area contributed by atoms with Gasteiger partial charge in [0.2, 0.25) is 5.43 Å². The van der Waals surface area contributed by atoms with Crippen LogP contribution >= 0.6 is 0 Å². The average molecular weight is 288 g/mol. The van der Waals surface area contributed by atoms with Crippen molar-refractivity contribution in [2.24, 2.45) is 5.92 Å². The molecule has 0 aliphatic carbocycles. The number of amides is 1. The van der Waals surface area contributed by atoms with Gasteiger partial charge in [-0.05, 0) is 30.9 Å². The number of aromatic nitrogens is 1. The van der Waals surface area contributed by atoms with Gasteiger partial charge in [0.15, 0.2) is 0 Å². The van der Waals surface area contributed by atoms with Crippen LogP contribution in [0, 0.1) is 11.7 Å². The predicted molar refractivity (Wildman–Crippen MR) is 78.8 cm³/mol. The number of halogens is 1. The van der Waals surface area contributed by atoms with E-state index in [9.17, 15) is 14.0 Å². The number of carbonyl (C=O) groups excluding carboxylic acids is 1. The second-order valence-corrected chi connectivity index (χ2v) is 5.67. The minimum absolute atomic E-state index is 0.0858. The number of nitrogens with one attached hydrogen (secondary N) is 1. The highest BCUT2D eigenvalue weighted by atomic mass is 19.1. The van der Waals surface area contributed by atoms with Crippen LogP contribution in [0.2, 0.25) is 0 Å². The highest BCUT2D eigenvalue weighted by Gasteiger charge is 2.24. The highest BCUT2D eigenvalue weighted by Crippen LogP contribution is 2.18. The van der Waals surface area contributed by atoms with E-state index >= 15 is 0 Å². The normalized spacial score (nSPS) is 16.4. The molecule has 3 rings (SSSR count). The number of hydrogen-bond acceptors (Lipinski definition) is 2. The molecule has 2 heterocycles. The van der Waals surface area contributed by atoms with E-state index in [1.165, 1.54) is 24.4 Å². The van der Waals surface area contributed by atoms with Crippen molar-refractivity contribution in [3.63, 3.8) is 0 Å². The van der Waals surface area contributed by atoms with Crippen LogP contribution < -0.4 is 5.43 Å². The molecule has 1 aliphatic heterocycles. The van der Waals surface area contributed by atoms with Gasteiger partial charge in [0, 0.05) is 24.7 Å². The Kier molecular flexibility index (Phi) is 3.49. The zero-order chi connectivity index (χ0) is 15.0. The molecule has 1 saturated heterocycles. The predicted octanol–water partition coefficient (Wildman–Crippen LogP) is 2.54. The number of benzene rings is 1. The Morgan fingerprint density at radius 2 is 2.05 bits per heavy atom. The Balaban J connectivity index is 1.99. The van der Waals surface area contributed by atoms with Crippen LogP contribution in [0.5, 0.6) is 0 Å². The minimum atomic E-state index is -0.490. The minimum Gasteiger partial charge on any atom is -0.358 e. The van der Waals surface area contributed by atoms with E-state index in [1.54, 1.807) is 4.90 Å². The van der Waals surface area contributed by atoms with E-state index in [4.69, 9.17) is 0 Å². The van der Waals surface area contributed by atoms with Crippen molar-refractivity contribution in [1.29, 1.82) is 0 Å². The maximum Gasteiger partial charge on any atom is 0.259 e. The number of hydrogen-bond donors (Lipinski definition) is 1. The Morgan fingerprint density at radius 1 is 1.33 bits per heavy atom. The molecule has 2 aromatic rings. The van der Waals surface area contributed by atoms with Gasteiger partial charge in [-0.2, -0.15) is 0 Å². The Morgan fingerprint density at radius 3 is 2.76 bits per heavy atom. The molecule has 0 radical (unpaired) electrons. The fourth-order valence-electron chi connectivity index (χ4n) is 2.76. The van der Waals surface area contributed by atoms with Gasteiger partial charge in [-0.25, -0.2) is 4.39 Å². The second-order valence-electron chi connectivity index (χ2n) is 5.67. The standard InChI is InChI=1S/C16H17FN2O2/c1-10-5-7-19(8-6-10)16(21)12-9-18-14-11(15(12)20)3-2-4-13(14)17/h2-4,9-10H,5-8H2,1H3,(H,18,20). The number of fused-ring (bicyclic) bond motifs is 1. The number of pyridine rings is 1. The number of likely N-dealkylation sites (tertiary alicyclic amines) is 1. The summed E-state index contributed by atoms with van der Waals surface area (Å²) in [6, 6.07) is 4.29. The quantitative estimate of drug-likeness (QED) is 0.876. The fourth-order valence-corrected chi connectivity index (χ4v) is 2.76. The Bertz CT molecular complexity index is 746. The molecule has 0 saturated carbocycles. The first-order chi connectivity index (χ1) is 10.1. The van der Waals surface area contributed by atoms with Crippen molar-refractivity contribution in [1.82, 2.24) is 9.88 Å². The molecule has 0 unspecified atom stereocenters. The van der Waals surface area contributed by atoms with Crippen LogP contribution in [0.25, 0.3) is 10.9 Å². The van der Waals surface area contributed by atoms with Gasteiger partial charge >= 0.3 is 0 Å². The Labute approximate surface area is 121 Å². The first-order valence-electron chi connectivity index (χ1n) is 7.17. The molecule has 1 aromatic heterocycles. The van der Waals surface area contributed by atoms with Crippen LogP contribution in [-0.4, -0.2) is 28.9 Å². The summed E-state index contributed by atoms with van der Waals surface area (Å²) >= 11 is 0. The van der Waals surface area contributed by atoms with Crippen molar-refractivity contribution in [2.75, 3.05) is 13.1 Å². The first-order valence-corrected chi connectivity index (χ1v) is 7.17. The summed E-state index contributed by atoms with van der Waals surface area (Å²) < 4.78 is 13.6. The third-order valence-corrected chi connectivity index (χ3v) is 4.16. The van der Waals surface area contributed by atoms with Crippen molar-refractivity contribution < 1.29 is 9.18 Å². The van der Waals surface area contributed by atoms with Gasteiger partial charge < -0.3 is 9.88 Å². The number of piperidine rings is 1. The molecule has 1 fully saturated rings. The van der Waals surface area contributed by atoms with Crippen molar-refractivity contribution >= 4 is 16.8 Å². The van der Waals surface area contributed by atoms with E-state index in [0.29, 0.717) is 19.0 Å². The Hall–Kier alpha value is -2.17. The van der Waals surface area contributed by atoms with Crippen LogP contribution in [0.1, 0.15) is 30.1 Å². The highest BCUT2D eigenvalue weighted by molar-refractivity contribution is 5.97. The van der Waals surface area contributed by atoms with Gasteiger partial charge in [-0.15, -0.1) is 0 Å². The molecule has 0 spiro atoms. The van der Waals surface area contributed by atoms with Gasteiger partial charge in [0.1, 0.15) is 11.4 Å². The van der Waals surface area contributed by atoms with Crippen LogP contribution in [0.3, 0.4) is 0 Å². The summed E-state index contributed by atoms with van der Waals surface area (Å²) in [5.41, 5.74) is -0.180. The summed E-state index contributed by atoms with van der Waals surface area (Å²) in [5, 5.41) is 0.214. The third-order valence-electron chi connectivity index (χ3n) is 4.16. The smallest absolute Gasteiger partial charge is 0.259 e. The summed E-state index contributed by atoms with van der Waals surface area (Å²) in [4.78, 5) is 29.3. The molecule has 0 atom stereocenters. The van der Waals surface area contributed by atoms with Crippen LogP contribution in [0.15, 0.2) is 29.2 Å². The molecule has 0 bridgehead atoms.